The summed E-state index contributed by atoms with van der Waals surface area (Å²) in [7, 11) is -4.10. The van der Waals surface area contributed by atoms with Crippen LogP contribution in [0.2, 0.25) is 0 Å². The highest BCUT2D eigenvalue weighted by Gasteiger charge is 2.20. The maximum atomic E-state index is 13.5. The van der Waals surface area contributed by atoms with Crippen molar-refractivity contribution >= 4 is 37.3 Å². The van der Waals surface area contributed by atoms with Crippen molar-refractivity contribution in [3.63, 3.8) is 0 Å². The average Bonchev–Trinajstić information content (AvgIpc) is 2.34. The van der Waals surface area contributed by atoms with Crippen molar-refractivity contribution in [2.75, 3.05) is 10.5 Å². The van der Waals surface area contributed by atoms with E-state index in [2.05, 4.69) is 15.9 Å². The van der Waals surface area contributed by atoms with Crippen LogP contribution in [0.15, 0.2) is 45.8 Å². The minimum Gasteiger partial charge on any atom is -0.398 e. The quantitative estimate of drug-likeness (QED) is 0.824. The van der Waals surface area contributed by atoms with Crippen LogP contribution in [0.5, 0.6) is 0 Å². The third-order valence-corrected chi connectivity index (χ3v) is 4.39. The second kappa shape index (κ2) is 5.37. The third kappa shape index (κ3) is 2.91. The lowest BCUT2D eigenvalue weighted by Gasteiger charge is -2.11. The molecule has 0 aromatic heterocycles. The molecule has 0 spiro atoms. The second-order valence-corrected chi connectivity index (χ2v) is 6.46. The van der Waals surface area contributed by atoms with Gasteiger partial charge in [-0.2, -0.15) is 0 Å². The molecule has 20 heavy (non-hydrogen) atoms. The second-order valence-electron chi connectivity index (χ2n) is 3.89. The minimum absolute atomic E-state index is 0.0105. The summed E-state index contributed by atoms with van der Waals surface area (Å²) in [6, 6.07) is 7.34. The number of rotatable bonds is 3. The summed E-state index contributed by atoms with van der Waals surface area (Å²) in [5.41, 5.74) is 5.12. The molecule has 2 aromatic rings. The third-order valence-electron chi connectivity index (χ3n) is 2.46. The first-order chi connectivity index (χ1) is 9.31. The van der Waals surface area contributed by atoms with Gasteiger partial charge in [0.25, 0.3) is 10.0 Å². The van der Waals surface area contributed by atoms with Crippen LogP contribution >= 0.6 is 15.9 Å². The molecule has 0 aliphatic carbocycles. The number of halogens is 3. The zero-order chi connectivity index (χ0) is 14.9. The van der Waals surface area contributed by atoms with Gasteiger partial charge >= 0.3 is 0 Å². The highest BCUT2D eigenvalue weighted by molar-refractivity contribution is 9.10. The largest absolute Gasteiger partial charge is 0.398 e. The molecule has 0 fully saturated rings. The van der Waals surface area contributed by atoms with Gasteiger partial charge in [0, 0.05) is 4.47 Å². The molecule has 0 saturated heterocycles. The SMILES string of the molecule is Nc1cc(Br)ccc1S(=O)(=O)Nc1cccc(F)c1F. The average molecular weight is 363 g/mol. The summed E-state index contributed by atoms with van der Waals surface area (Å²) < 4.78 is 53.3. The van der Waals surface area contributed by atoms with Crippen LogP contribution in [0.4, 0.5) is 20.2 Å². The Bertz CT molecular complexity index is 766. The standard InChI is InChI=1S/C12H9BrF2N2O2S/c13-7-4-5-11(9(16)6-7)20(18,19)17-10-3-1-2-8(14)12(10)15/h1-6,17H,16H2. The van der Waals surface area contributed by atoms with Crippen LogP contribution in [0, 0.1) is 11.6 Å². The van der Waals surface area contributed by atoms with Crippen LogP contribution in [0.3, 0.4) is 0 Å². The molecule has 0 unspecified atom stereocenters. The molecule has 0 aliphatic heterocycles. The van der Waals surface area contributed by atoms with E-state index in [-0.39, 0.29) is 10.6 Å². The summed E-state index contributed by atoms with van der Waals surface area (Å²) in [6.45, 7) is 0. The lowest BCUT2D eigenvalue weighted by atomic mass is 10.3. The summed E-state index contributed by atoms with van der Waals surface area (Å²) in [5.74, 6) is -2.42. The summed E-state index contributed by atoms with van der Waals surface area (Å²) in [4.78, 5) is -0.218. The lowest BCUT2D eigenvalue weighted by molar-refractivity contribution is 0.511. The summed E-state index contributed by atoms with van der Waals surface area (Å²) in [5, 5.41) is 0. The van der Waals surface area contributed by atoms with Crippen LogP contribution in [-0.2, 0) is 10.0 Å². The van der Waals surface area contributed by atoms with Crippen molar-refractivity contribution in [2.45, 2.75) is 4.90 Å². The predicted octanol–water partition coefficient (Wildman–Crippen LogP) is 3.11. The van der Waals surface area contributed by atoms with Gasteiger partial charge in [-0.3, -0.25) is 4.72 Å². The van der Waals surface area contributed by atoms with Crippen molar-refractivity contribution in [3.05, 3.63) is 52.5 Å². The number of nitrogen functional groups attached to an aromatic ring is 1. The number of benzene rings is 2. The fraction of sp³-hybridized carbons (Fsp3) is 0. The van der Waals surface area contributed by atoms with E-state index >= 15 is 0 Å². The fourth-order valence-corrected chi connectivity index (χ4v) is 3.10. The first-order valence-electron chi connectivity index (χ1n) is 5.33. The van der Waals surface area contributed by atoms with E-state index in [0.29, 0.717) is 4.47 Å². The number of hydrogen-bond donors (Lipinski definition) is 2. The summed E-state index contributed by atoms with van der Waals surface area (Å²) >= 11 is 3.15. The van der Waals surface area contributed by atoms with Gasteiger partial charge < -0.3 is 5.73 Å². The predicted molar refractivity (Wildman–Crippen MR) is 75.7 cm³/mol. The molecule has 0 radical (unpaired) electrons. The molecule has 0 saturated carbocycles. The number of anilines is 2. The van der Waals surface area contributed by atoms with Crippen LogP contribution < -0.4 is 10.5 Å². The van der Waals surface area contributed by atoms with Crippen molar-refractivity contribution < 1.29 is 17.2 Å². The molecule has 2 aromatic carbocycles. The van der Waals surface area contributed by atoms with Crippen molar-refractivity contribution in [3.8, 4) is 0 Å². The molecule has 106 valence electrons. The zero-order valence-electron chi connectivity index (χ0n) is 9.90. The molecule has 0 amide bonds. The smallest absolute Gasteiger partial charge is 0.264 e. The lowest BCUT2D eigenvalue weighted by Crippen LogP contribution is -2.16. The molecular weight excluding hydrogens is 354 g/mol. The fourth-order valence-electron chi connectivity index (χ4n) is 1.55. The molecule has 4 nitrogen and oxygen atoms in total. The van der Waals surface area contributed by atoms with Crippen LogP contribution in [-0.4, -0.2) is 8.42 Å². The normalized spacial score (nSPS) is 11.3. The van der Waals surface area contributed by atoms with Crippen molar-refractivity contribution in [2.24, 2.45) is 0 Å². The molecule has 0 aliphatic rings. The number of nitrogens with two attached hydrogens (primary N) is 1. The van der Waals surface area contributed by atoms with Crippen LogP contribution in [0.25, 0.3) is 0 Å². The van der Waals surface area contributed by atoms with Gasteiger partial charge in [0.15, 0.2) is 11.6 Å². The van der Waals surface area contributed by atoms with Gasteiger partial charge in [-0.25, -0.2) is 17.2 Å². The van der Waals surface area contributed by atoms with Gasteiger partial charge in [-0.1, -0.05) is 22.0 Å². The maximum absolute atomic E-state index is 13.5. The molecule has 3 N–H and O–H groups in total. The Labute approximate surface area is 122 Å². The van der Waals surface area contributed by atoms with E-state index < -0.39 is 27.3 Å². The van der Waals surface area contributed by atoms with Gasteiger partial charge in [0.1, 0.15) is 4.90 Å². The highest BCUT2D eigenvalue weighted by atomic mass is 79.9. The topological polar surface area (TPSA) is 72.2 Å². The van der Waals surface area contributed by atoms with E-state index in [0.717, 1.165) is 12.1 Å². The Kier molecular flexibility index (Phi) is 3.96. The van der Waals surface area contributed by atoms with Gasteiger partial charge in [-0.15, -0.1) is 0 Å². The molecule has 0 atom stereocenters. The van der Waals surface area contributed by atoms with Gasteiger partial charge in [0.05, 0.1) is 11.4 Å². The van der Waals surface area contributed by atoms with E-state index in [1.807, 2.05) is 4.72 Å². The van der Waals surface area contributed by atoms with Crippen LogP contribution in [0.1, 0.15) is 0 Å². The number of nitrogens with one attached hydrogen (secondary N) is 1. The van der Waals surface area contributed by atoms with Gasteiger partial charge in [-0.05, 0) is 30.3 Å². The van der Waals surface area contributed by atoms with E-state index in [4.69, 9.17) is 5.73 Å². The Morgan fingerprint density at radius 1 is 1.15 bits per heavy atom. The maximum Gasteiger partial charge on any atom is 0.264 e. The molecule has 0 bridgehead atoms. The number of sulfonamides is 1. The highest BCUT2D eigenvalue weighted by Crippen LogP contribution is 2.26. The first-order valence-corrected chi connectivity index (χ1v) is 7.61. The Morgan fingerprint density at radius 2 is 1.85 bits per heavy atom. The molecule has 0 heterocycles. The van der Waals surface area contributed by atoms with E-state index in [1.54, 1.807) is 0 Å². The monoisotopic (exact) mass is 362 g/mol. The van der Waals surface area contributed by atoms with E-state index in [1.165, 1.54) is 24.3 Å². The molecule has 8 heteroatoms. The van der Waals surface area contributed by atoms with E-state index in [9.17, 15) is 17.2 Å². The molecular formula is C12H9BrF2N2O2S. The summed E-state index contributed by atoms with van der Waals surface area (Å²) in [6.07, 6.45) is 0. The Morgan fingerprint density at radius 3 is 2.50 bits per heavy atom. The van der Waals surface area contributed by atoms with Gasteiger partial charge in [0.2, 0.25) is 0 Å². The number of hydrogen-bond acceptors (Lipinski definition) is 3. The van der Waals surface area contributed by atoms with Crippen molar-refractivity contribution in [1.82, 2.24) is 0 Å². The first kappa shape index (κ1) is 14.7. The zero-order valence-corrected chi connectivity index (χ0v) is 12.3. The minimum atomic E-state index is -4.10. The van der Waals surface area contributed by atoms with Crippen molar-refractivity contribution in [1.29, 1.82) is 0 Å². The Hall–Kier alpha value is -1.67. The Balaban J connectivity index is 2.44. The molecule has 2 rings (SSSR count).